The summed E-state index contributed by atoms with van der Waals surface area (Å²) < 4.78 is 6.60. The van der Waals surface area contributed by atoms with E-state index < -0.39 is 12.0 Å². The Bertz CT molecular complexity index is 955. The fourth-order valence-electron chi connectivity index (χ4n) is 2.84. The minimum atomic E-state index is -0.647. The summed E-state index contributed by atoms with van der Waals surface area (Å²) in [7, 11) is 1.32. The first kappa shape index (κ1) is 19.9. The van der Waals surface area contributed by atoms with Crippen molar-refractivity contribution < 1.29 is 14.3 Å². The van der Waals surface area contributed by atoms with E-state index in [0.29, 0.717) is 18.5 Å². The maximum atomic E-state index is 12.5. The molecule has 3 rings (SSSR count). The summed E-state index contributed by atoms with van der Waals surface area (Å²) in [5, 5.41) is 11.1. The van der Waals surface area contributed by atoms with Crippen LogP contribution in [-0.2, 0) is 16.1 Å². The number of fused-ring (bicyclic) bond motifs is 1. The van der Waals surface area contributed by atoms with Crippen LogP contribution in [0, 0.1) is 0 Å². The van der Waals surface area contributed by atoms with Gasteiger partial charge in [-0.3, -0.25) is 4.79 Å². The first-order chi connectivity index (χ1) is 13.6. The average molecular weight is 398 g/mol. The number of hydrogen-bond acceptors (Lipinski definition) is 6. The van der Waals surface area contributed by atoms with E-state index in [1.807, 2.05) is 47.3 Å². The molecule has 1 atom stereocenters. The Kier molecular flexibility index (Phi) is 6.65. The number of rotatable bonds is 8. The third-order valence-corrected chi connectivity index (χ3v) is 5.01. The molecule has 0 radical (unpaired) electrons. The molecule has 0 aliphatic rings. The third-order valence-electron chi connectivity index (χ3n) is 4.37. The topological polar surface area (TPSA) is 86.1 Å². The maximum absolute atomic E-state index is 12.5. The van der Waals surface area contributed by atoms with Crippen LogP contribution in [-0.4, -0.2) is 52.0 Å². The summed E-state index contributed by atoms with van der Waals surface area (Å²) in [4.78, 5) is 24.4. The lowest BCUT2D eigenvalue weighted by Gasteiger charge is -2.16. The van der Waals surface area contributed by atoms with Gasteiger partial charge in [-0.25, -0.2) is 9.48 Å². The van der Waals surface area contributed by atoms with Gasteiger partial charge in [-0.2, -0.15) is 11.8 Å². The van der Waals surface area contributed by atoms with Crippen LogP contribution in [0.1, 0.15) is 22.3 Å². The summed E-state index contributed by atoms with van der Waals surface area (Å²) in [5.41, 5.74) is 3.29. The zero-order valence-corrected chi connectivity index (χ0v) is 16.6. The van der Waals surface area contributed by atoms with Crippen LogP contribution in [0.3, 0.4) is 0 Å². The second kappa shape index (κ2) is 9.36. The first-order valence-corrected chi connectivity index (χ1v) is 10.3. The molecule has 3 aromatic rings. The molecule has 0 saturated heterocycles. The molecule has 1 aromatic heterocycles. The van der Waals surface area contributed by atoms with Crippen LogP contribution >= 0.6 is 11.8 Å². The van der Waals surface area contributed by atoms with Gasteiger partial charge in [0.2, 0.25) is 0 Å². The molecule has 28 heavy (non-hydrogen) atoms. The number of methoxy groups -OCH3 is 1. The van der Waals surface area contributed by atoms with Crippen LogP contribution in [0.25, 0.3) is 11.0 Å². The standard InChI is InChI=1S/C20H22N4O3S/c1-27-20(26)17(11-12-28-2)21-19(25)15-9-7-14(8-10-15)13-24-18-6-4-3-5-16(18)22-23-24/h3-10,17H,11-13H2,1-2H3,(H,21,25)/t17-/m0/s1. The molecule has 0 unspecified atom stereocenters. The highest BCUT2D eigenvalue weighted by atomic mass is 32.2. The predicted molar refractivity (Wildman–Crippen MR) is 109 cm³/mol. The van der Waals surface area contributed by atoms with Gasteiger partial charge >= 0.3 is 5.97 Å². The minimum Gasteiger partial charge on any atom is -0.467 e. The fraction of sp³-hybridized carbons (Fsp3) is 0.300. The maximum Gasteiger partial charge on any atom is 0.328 e. The lowest BCUT2D eigenvalue weighted by atomic mass is 10.1. The molecule has 1 heterocycles. The largest absolute Gasteiger partial charge is 0.467 e. The summed E-state index contributed by atoms with van der Waals surface area (Å²) in [6.45, 7) is 0.556. The first-order valence-electron chi connectivity index (χ1n) is 8.87. The Balaban J connectivity index is 1.67. The molecule has 7 nitrogen and oxygen atoms in total. The number of nitrogens with zero attached hydrogens (tertiary/aromatic N) is 3. The Hall–Kier alpha value is -2.87. The smallest absolute Gasteiger partial charge is 0.328 e. The zero-order chi connectivity index (χ0) is 19.9. The summed E-state index contributed by atoms with van der Waals surface area (Å²) in [6, 6.07) is 14.4. The van der Waals surface area contributed by atoms with Gasteiger partial charge in [0.15, 0.2) is 0 Å². The van der Waals surface area contributed by atoms with E-state index in [9.17, 15) is 9.59 Å². The molecule has 1 amide bonds. The molecule has 0 aliphatic carbocycles. The highest BCUT2D eigenvalue weighted by molar-refractivity contribution is 7.98. The van der Waals surface area contributed by atoms with E-state index in [1.54, 1.807) is 23.9 Å². The van der Waals surface area contributed by atoms with Gasteiger partial charge in [-0.05, 0) is 48.3 Å². The molecular weight excluding hydrogens is 376 g/mol. The van der Waals surface area contributed by atoms with Crippen molar-refractivity contribution in [2.75, 3.05) is 19.1 Å². The second-order valence-electron chi connectivity index (χ2n) is 6.26. The average Bonchev–Trinajstić information content (AvgIpc) is 3.13. The Morgan fingerprint density at radius 1 is 1.18 bits per heavy atom. The molecule has 2 aromatic carbocycles. The molecular formula is C20H22N4O3S. The molecule has 0 spiro atoms. The van der Waals surface area contributed by atoms with Crippen molar-refractivity contribution in [3.8, 4) is 0 Å². The van der Waals surface area contributed by atoms with Crippen LogP contribution < -0.4 is 5.32 Å². The molecule has 146 valence electrons. The number of hydrogen-bond donors (Lipinski definition) is 1. The quantitative estimate of drug-likeness (QED) is 0.587. The van der Waals surface area contributed by atoms with E-state index >= 15 is 0 Å². The summed E-state index contributed by atoms with van der Waals surface area (Å²) in [5.74, 6) is 0.0246. The van der Waals surface area contributed by atoms with Crippen molar-refractivity contribution in [1.29, 1.82) is 0 Å². The highest BCUT2D eigenvalue weighted by Gasteiger charge is 2.21. The predicted octanol–water partition coefficient (Wildman–Crippen LogP) is 2.50. The normalized spacial score (nSPS) is 11.9. The Morgan fingerprint density at radius 2 is 1.93 bits per heavy atom. The number of carbonyl (C=O) groups excluding carboxylic acids is 2. The number of ether oxygens (including phenoxy) is 1. The van der Waals surface area contributed by atoms with Gasteiger partial charge in [0.05, 0.1) is 19.2 Å². The lowest BCUT2D eigenvalue weighted by molar-refractivity contribution is -0.142. The number of benzene rings is 2. The van der Waals surface area contributed by atoms with Crippen molar-refractivity contribution in [3.63, 3.8) is 0 Å². The summed E-state index contributed by atoms with van der Waals surface area (Å²) >= 11 is 1.61. The lowest BCUT2D eigenvalue weighted by Crippen LogP contribution is -2.41. The number of amides is 1. The van der Waals surface area contributed by atoms with Gasteiger partial charge in [-0.1, -0.05) is 29.5 Å². The Morgan fingerprint density at radius 3 is 2.64 bits per heavy atom. The van der Waals surface area contributed by atoms with Crippen LogP contribution in [0.5, 0.6) is 0 Å². The molecule has 0 fully saturated rings. The molecule has 0 saturated carbocycles. The number of nitrogens with one attached hydrogen (secondary N) is 1. The van der Waals surface area contributed by atoms with Gasteiger partial charge in [0, 0.05) is 5.56 Å². The van der Waals surface area contributed by atoms with Gasteiger partial charge in [0.1, 0.15) is 11.6 Å². The molecule has 0 aliphatic heterocycles. The second-order valence-corrected chi connectivity index (χ2v) is 7.25. The number of esters is 1. The van der Waals surface area contributed by atoms with Gasteiger partial charge in [-0.15, -0.1) is 5.10 Å². The number of aromatic nitrogens is 3. The van der Waals surface area contributed by atoms with Crippen molar-refractivity contribution in [1.82, 2.24) is 20.3 Å². The number of carbonyl (C=O) groups is 2. The monoisotopic (exact) mass is 398 g/mol. The fourth-order valence-corrected chi connectivity index (χ4v) is 3.31. The number of para-hydroxylation sites is 1. The van der Waals surface area contributed by atoms with E-state index in [4.69, 9.17) is 4.74 Å². The SMILES string of the molecule is COC(=O)[C@H](CCSC)NC(=O)c1ccc(Cn2nnc3ccccc32)cc1. The van der Waals surface area contributed by atoms with E-state index in [1.165, 1.54) is 7.11 Å². The van der Waals surface area contributed by atoms with Crippen molar-refractivity contribution >= 4 is 34.7 Å². The van der Waals surface area contributed by atoms with E-state index in [2.05, 4.69) is 15.6 Å². The van der Waals surface area contributed by atoms with Crippen molar-refractivity contribution in [2.24, 2.45) is 0 Å². The highest BCUT2D eigenvalue weighted by Crippen LogP contribution is 2.13. The van der Waals surface area contributed by atoms with Gasteiger partial charge in [0.25, 0.3) is 5.91 Å². The zero-order valence-electron chi connectivity index (χ0n) is 15.8. The summed E-state index contributed by atoms with van der Waals surface area (Å²) in [6.07, 6.45) is 2.48. The number of thioether (sulfide) groups is 1. The molecule has 0 bridgehead atoms. The van der Waals surface area contributed by atoms with Crippen LogP contribution in [0.15, 0.2) is 48.5 Å². The minimum absolute atomic E-state index is 0.297. The molecule has 8 heteroatoms. The van der Waals surface area contributed by atoms with E-state index in [-0.39, 0.29) is 5.91 Å². The molecule has 1 N–H and O–H groups in total. The Labute approximate surface area is 167 Å². The van der Waals surface area contributed by atoms with Crippen LogP contribution in [0.4, 0.5) is 0 Å². The van der Waals surface area contributed by atoms with Crippen LogP contribution in [0.2, 0.25) is 0 Å². The van der Waals surface area contributed by atoms with Crippen molar-refractivity contribution in [3.05, 3.63) is 59.7 Å². The van der Waals surface area contributed by atoms with E-state index in [0.717, 1.165) is 22.3 Å². The van der Waals surface area contributed by atoms with Gasteiger partial charge < -0.3 is 10.1 Å². The van der Waals surface area contributed by atoms with Crippen molar-refractivity contribution in [2.45, 2.75) is 19.0 Å². The third kappa shape index (κ3) is 4.69.